The Kier molecular flexibility index (Phi) is 7.33. The number of anilines is 1. The SMILES string of the molecule is Cc1c(Cl)cccc1N1CN(C(=O)CN(CC(C)C)C(=O)c2cccc([N+](=O)[O-])c2)CC1=O. The molecule has 0 unspecified atom stereocenters. The highest BCUT2D eigenvalue weighted by atomic mass is 35.5. The van der Waals surface area contributed by atoms with Crippen molar-refractivity contribution in [3.05, 3.63) is 68.7 Å². The molecule has 9 nitrogen and oxygen atoms in total. The first-order valence-corrected chi connectivity index (χ1v) is 10.8. The number of non-ortho nitro benzene ring substituents is 1. The molecule has 2 aromatic rings. The Morgan fingerprint density at radius 1 is 1.21 bits per heavy atom. The number of amides is 3. The van der Waals surface area contributed by atoms with Crippen LogP contribution in [0.3, 0.4) is 0 Å². The number of nitrogens with zero attached hydrogens (tertiary/aromatic N) is 4. The van der Waals surface area contributed by atoms with Gasteiger partial charge in [0.25, 0.3) is 11.6 Å². The highest BCUT2D eigenvalue weighted by Gasteiger charge is 2.34. The fourth-order valence-electron chi connectivity index (χ4n) is 3.67. The highest BCUT2D eigenvalue weighted by Crippen LogP contribution is 2.28. The van der Waals surface area contributed by atoms with Crippen LogP contribution in [-0.2, 0) is 9.59 Å². The lowest BCUT2D eigenvalue weighted by molar-refractivity contribution is -0.384. The average molecular weight is 473 g/mol. The summed E-state index contributed by atoms with van der Waals surface area (Å²) in [7, 11) is 0. The molecule has 0 saturated carbocycles. The van der Waals surface area contributed by atoms with E-state index >= 15 is 0 Å². The van der Waals surface area contributed by atoms with Crippen molar-refractivity contribution in [1.82, 2.24) is 9.80 Å². The fraction of sp³-hybridized carbons (Fsp3) is 0.348. The normalized spacial score (nSPS) is 13.5. The molecule has 1 saturated heterocycles. The molecule has 0 aliphatic carbocycles. The third kappa shape index (κ3) is 5.48. The summed E-state index contributed by atoms with van der Waals surface area (Å²) in [6.07, 6.45) is 0. The van der Waals surface area contributed by atoms with Gasteiger partial charge in [-0.25, -0.2) is 0 Å². The van der Waals surface area contributed by atoms with E-state index in [0.29, 0.717) is 10.7 Å². The van der Waals surface area contributed by atoms with Gasteiger partial charge in [0.2, 0.25) is 11.8 Å². The number of halogens is 1. The summed E-state index contributed by atoms with van der Waals surface area (Å²) in [6.45, 7) is 5.60. The van der Waals surface area contributed by atoms with E-state index < -0.39 is 10.8 Å². The van der Waals surface area contributed by atoms with Crippen molar-refractivity contribution >= 4 is 40.7 Å². The number of rotatable bonds is 7. The van der Waals surface area contributed by atoms with E-state index in [1.54, 1.807) is 25.1 Å². The Labute approximate surface area is 196 Å². The first-order chi connectivity index (χ1) is 15.6. The number of carbonyl (C=O) groups is 3. The van der Waals surface area contributed by atoms with Crippen LogP contribution in [0.25, 0.3) is 0 Å². The van der Waals surface area contributed by atoms with Gasteiger partial charge in [0, 0.05) is 35.0 Å². The molecule has 2 aromatic carbocycles. The number of benzene rings is 2. The van der Waals surface area contributed by atoms with Crippen molar-refractivity contribution in [3.63, 3.8) is 0 Å². The monoisotopic (exact) mass is 472 g/mol. The standard InChI is InChI=1S/C23H25ClN4O5/c1-15(2)11-25(23(31)17-6-4-7-18(10-17)28(32)33)12-21(29)26-13-22(30)27(14-26)20-9-5-8-19(24)16(20)3/h4-10,15H,11-14H2,1-3H3. The van der Waals surface area contributed by atoms with Crippen LogP contribution in [0.4, 0.5) is 11.4 Å². The van der Waals surface area contributed by atoms with Crippen LogP contribution in [0.5, 0.6) is 0 Å². The fourth-order valence-corrected chi connectivity index (χ4v) is 3.84. The summed E-state index contributed by atoms with van der Waals surface area (Å²) in [4.78, 5) is 53.5. The minimum Gasteiger partial charge on any atom is -0.329 e. The predicted octanol–water partition coefficient (Wildman–Crippen LogP) is 3.49. The maximum Gasteiger partial charge on any atom is 0.270 e. The third-order valence-corrected chi connectivity index (χ3v) is 5.73. The number of carbonyl (C=O) groups excluding carboxylic acids is 3. The Bertz CT molecular complexity index is 1100. The van der Waals surface area contributed by atoms with Crippen LogP contribution in [-0.4, -0.2) is 58.7 Å². The zero-order valence-corrected chi connectivity index (χ0v) is 19.4. The zero-order valence-electron chi connectivity index (χ0n) is 18.7. The second-order valence-corrected chi connectivity index (χ2v) is 8.73. The largest absolute Gasteiger partial charge is 0.329 e. The summed E-state index contributed by atoms with van der Waals surface area (Å²) < 4.78 is 0. The highest BCUT2D eigenvalue weighted by molar-refractivity contribution is 6.31. The van der Waals surface area contributed by atoms with Crippen molar-refractivity contribution in [2.45, 2.75) is 20.8 Å². The van der Waals surface area contributed by atoms with Crippen molar-refractivity contribution in [3.8, 4) is 0 Å². The Hall–Kier alpha value is -3.46. The second-order valence-electron chi connectivity index (χ2n) is 8.33. The molecule has 33 heavy (non-hydrogen) atoms. The number of nitro benzene ring substituents is 1. The van der Waals surface area contributed by atoms with Gasteiger partial charge >= 0.3 is 0 Å². The van der Waals surface area contributed by atoms with E-state index in [1.807, 2.05) is 13.8 Å². The van der Waals surface area contributed by atoms with Crippen molar-refractivity contribution < 1.29 is 19.3 Å². The van der Waals surface area contributed by atoms with Crippen LogP contribution in [0.15, 0.2) is 42.5 Å². The quantitative estimate of drug-likeness (QED) is 0.453. The van der Waals surface area contributed by atoms with Gasteiger partial charge in [-0.15, -0.1) is 0 Å². The van der Waals surface area contributed by atoms with Crippen LogP contribution in [0, 0.1) is 23.0 Å². The molecular weight excluding hydrogens is 448 g/mol. The molecule has 0 spiro atoms. The molecule has 0 atom stereocenters. The molecular formula is C23H25ClN4O5. The maximum absolute atomic E-state index is 13.1. The Morgan fingerprint density at radius 2 is 1.91 bits per heavy atom. The number of hydrogen-bond donors (Lipinski definition) is 0. The maximum atomic E-state index is 13.1. The van der Waals surface area contributed by atoms with Crippen LogP contribution in [0.2, 0.25) is 5.02 Å². The van der Waals surface area contributed by atoms with Gasteiger partial charge in [-0.2, -0.15) is 0 Å². The van der Waals surface area contributed by atoms with E-state index in [1.165, 1.54) is 39.0 Å². The molecule has 174 valence electrons. The van der Waals surface area contributed by atoms with Crippen molar-refractivity contribution in [1.29, 1.82) is 0 Å². The van der Waals surface area contributed by atoms with Gasteiger partial charge in [-0.3, -0.25) is 29.4 Å². The lowest BCUT2D eigenvalue weighted by atomic mass is 10.1. The van der Waals surface area contributed by atoms with Gasteiger partial charge < -0.3 is 9.80 Å². The zero-order chi connectivity index (χ0) is 24.3. The van der Waals surface area contributed by atoms with Crippen molar-refractivity contribution in [2.24, 2.45) is 5.92 Å². The molecule has 1 heterocycles. The molecule has 0 N–H and O–H groups in total. The minimum atomic E-state index is -0.572. The van der Waals surface area contributed by atoms with Crippen LogP contribution >= 0.6 is 11.6 Å². The van der Waals surface area contributed by atoms with Crippen LogP contribution in [0.1, 0.15) is 29.8 Å². The third-order valence-electron chi connectivity index (χ3n) is 5.32. The van der Waals surface area contributed by atoms with E-state index in [-0.39, 0.29) is 55.3 Å². The molecule has 3 rings (SSSR count). The topological polar surface area (TPSA) is 104 Å². The lowest BCUT2D eigenvalue weighted by Crippen LogP contribution is -2.44. The van der Waals surface area contributed by atoms with E-state index in [4.69, 9.17) is 11.6 Å². The molecule has 0 bridgehead atoms. The first kappa shape index (κ1) is 24.2. The minimum absolute atomic E-state index is 0.0549. The summed E-state index contributed by atoms with van der Waals surface area (Å²) in [6, 6.07) is 10.7. The van der Waals surface area contributed by atoms with Gasteiger partial charge in [-0.05, 0) is 36.6 Å². The Morgan fingerprint density at radius 3 is 2.58 bits per heavy atom. The molecule has 10 heteroatoms. The molecule has 1 aliphatic rings. The molecule has 1 fully saturated rings. The van der Waals surface area contributed by atoms with Crippen molar-refractivity contribution in [2.75, 3.05) is 31.2 Å². The molecule has 0 aromatic heterocycles. The summed E-state index contributed by atoms with van der Waals surface area (Å²) >= 11 is 6.18. The molecule has 3 amide bonds. The molecule has 1 aliphatic heterocycles. The number of hydrogen-bond acceptors (Lipinski definition) is 5. The van der Waals surface area contributed by atoms with Gasteiger partial charge in [-0.1, -0.05) is 37.6 Å². The lowest BCUT2D eigenvalue weighted by Gasteiger charge is -2.26. The van der Waals surface area contributed by atoms with E-state index in [0.717, 1.165) is 5.56 Å². The van der Waals surface area contributed by atoms with Crippen LogP contribution < -0.4 is 4.90 Å². The van der Waals surface area contributed by atoms with E-state index in [2.05, 4.69) is 0 Å². The summed E-state index contributed by atoms with van der Waals surface area (Å²) in [5.74, 6) is -1.04. The first-order valence-electron chi connectivity index (χ1n) is 10.5. The van der Waals surface area contributed by atoms with Gasteiger partial charge in [0.15, 0.2) is 0 Å². The predicted molar refractivity (Wildman–Crippen MR) is 124 cm³/mol. The van der Waals surface area contributed by atoms with Gasteiger partial charge in [0.1, 0.15) is 19.8 Å². The summed E-state index contributed by atoms with van der Waals surface area (Å²) in [5.41, 5.74) is 1.30. The van der Waals surface area contributed by atoms with Gasteiger partial charge in [0.05, 0.1) is 4.92 Å². The average Bonchev–Trinajstić information content (AvgIpc) is 3.16. The Balaban J connectivity index is 1.77. The van der Waals surface area contributed by atoms with E-state index in [9.17, 15) is 24.5 Å². The second kappa shape index (κ2) is 9.99. The number of nitro groups is 1. The smallest absolute Gasteiger partial charge is 0.270 e. The molecule has 0 radical (unpaired) electrons. The summed E-state index contributed by atoms with van der Waals surface area (Å²) in [5, 5.41) is 11.6.